The molecular weight excluding hydrogens is 252 g/mol. The van der Waals surface area contributed by atoms with E-state index in [1.54, 1.807) is 25.7 Å². The first kappa shape index (κ1) is 15.7. The molecule has 0 spiro atoms. The van der Waals surface area contributed by atoms with Crippen LogP contribution in [0.1, 0.15) is 20.8 Å². The molecule has 0 bridgehead atoms. The number of aliphatic carboxylic acids is 1. The van der Waals surface area contributed by atoms with Crippen molar-refractivity contribution < 1.29 is 24.2 Å². The van der Waals surface area contributed by atoms with Gasteiger partial charge in [0, 0.05) is 19.6 Å². The van der Waals surface area contributed by atoms with E-state index >= 15 is 0 Å². The normalized spacial score (nSPS) is 18.7. The van der Waals surface area contributed by atoms with Gasteiger partial charge in [-0.2, -0.15) is 0 Å². The number of carboxylic acid groups (broad SMARTS) is 1. The number of hydrogen-bond donors (Lipinski definition) is 2. The topological polar surface area (TPSA) is 88.1 Å². The van der Waals surface area contributed by atoms with Crippen molar-refractivity contribution in [2.24, 2.45) is 0 Å². The number of nitrogens with zero attached hydrogens (tertiary/aromatic N) is 1. The first-order chi connectivity index (χ1) is 8.79. The van der Waals surface area contributed by atoms with E-state index in [1.165, 1.54) is 0 Å². The lowest BCUT2D eigenvalue weighted by molar-refractivity contribution is -0.144. The van der Waals surface area contributed by atoms with Crippen LogP contribution in [0.15, 0.2) is 0 Å². The second-order valence-corrected chi connectivity index (χ2v) is 5.39. The minimum atomic E-state index is -0.960. The molecule has 0 aromatic carbocycles. The van der Waals surface area contributed by atoms with Crippen molar-refractivity contribution >= 4 is 12.1 Å². The van der Waals surface area contributed by atoms with Crippen LogP contribution in [-0.4, -0.2) is 66.6 Å². The van der Waals surface area contributed by atoms with Gasteiger partial charge in [-0.05, 0) is 20.8 Å². The largest absolute Gasteiger partial charge is 0.480 e. The quantitative estimate of drug-likeness (QED) is 0.766. The summed E-state index contributed by atoms with van der Waals surface area (Å²) in [7, 11) is 0. The van der Waals surface area contributed by atoms with Crippen LogP contribution in [0.5, 0.6) is 0 Å². The Bertz CT molecular complexity index is 321. The molecule has 0 unspecified atom stereocenters. The van der Waals surface area contributed by atoms with Gasteiger partial charge in [-0.3, -0.25) is 9.69 Å². The molecule has 7 nitrogen and oxygen atoms in total. The van der Waals surface area contributed by atoms with Gasteiger partial charge in [-0.25, -0.2) is 4.79 Å². The van der Waals surface area contributed by atoms with E-state index in [0.29, 0.717) is 26.3 Å². The summed E-state index contributed by atoms with van der Waals surface area (Å²) in [5.74, 6) is -0.960. The lowest BCUT2D eigenvalue weighted by Gasteiger charge is -2.32. The van der Waals surface area contributed by atoms with Crippen LogP contribution in [0, 0.1) is 0 Å². The first-order valence-electron chi connectivity index (χ1n) is 6.31. The maximum atomic E-state index is 11.5. The summed E-state index contributed by atoms with van der Waals surface area (Å²) in [4.78, 5) is 24.5. The fourth-order valence-corrected chi connectivity index (χ4v) is 1.76. The average Bonchev–Trinajstić information content (AvgIpc) is 2.27. The Morgan fingerprint density at radius 2 is 1.95 bits per heavy atom. The van der Waals surface area contributed by atoms with Crippen LogP contribution in [0.4, 0.5) is 4.79 Å². The van der Waals surface area contributed by atoms with Gasteiger partial charge in [-0.1, -0.05) is 0 Å². The third kappa shape index (κ3) is 5.89. The van der Waals surface area contributed by atoms with Crippen molar-refractivity contribution in [2.75, 3.05) is 32.8 Å². The number of rotatable bonds is 4. The molecule has 1 saturated heterocycles. The van der Waals surface area contributed by atoms with Gasteiger partial charge in [0.2, 0.25) is 0 Å². The standard InChI is InChI=1S/C12H22N2O5/c1-12(2,3)19-11(17)13-8-9(10(15)16)14-4-6-18-7-5-14/h9H,4-8H2,1-3H3,(H,13,17)(H,15,16)/t9-/m0/s1. The van der Waals surface area contributed by atoms with Crippen molar-refractivity contribution in [3.05, 3.63) is 0 Å². The number of carbonyl (C=O) groups is 2. The zero-order valence-corrected chi connectivity index (χ0v) is 11.6. The molecule has 1 aliphatic rings. The van der Waals surface area contributed by atoms with Crippen LogP contribution in [0.3, 0.4) is 0 Å². The number of alkyl carbamates (subject to hydrolysis) is 1. The number of ether oxygens (including phenoxy) is 2. The fraction of sp³-hybridized carbons (Fsp3) is 0.833. The van der Waals surface area contributed by atoms with Crippen molar-refractivity contribution in [1.29, 1.82) is 0 Å². The SMILES string of the molecule is CC(C)(C)OC(=O)NC[C@@H](C(=O)O)N1CCOCC1. The summed E-state index contributed by atoms with van der Waals surface area (Å²) in [5.41, 5.74) is -0.595. The molecule has 7 heteroatoms. The monoisotopic (exact) mass is 274 g/mol. The average molecular weight is 274 g/mol. The predicted molar refractivity (Wildman–Crippen MR) is 68.1 cm³/mol. The number of amides is 1. The van der Waals surface area contributed by atoms with Crippen LogP contribution in [0.25, 0.3) is 0 Å². The molecule has 2 N–H and O–H groups in total. The number of carboxylic acids is 1. The van der Waals surface area contributed by atoms with Crippen LogP contribution in [-0.2, 0) is 14.3 Å². The van der Waals surface area contributed by atoms with Crippen LogP contribution >= 0.6 is 0 Å². The van der Waals surface area contributed by atoms with E-state index < -0.39 is 23.7 Å². The number of hydrogen-bond acceptors (Lipinski definition) is 5. The Morgan fingerprint density at radius 1 is 1.37 bits per heavy atom. The second kappa shape index (κ2) is 6.72. The third-order valence-electron chi connectivity index (χ3n) is 2.61. The Morgan fingerprint density at radius 3 is 2.42 bits per heavy atom. The molecule has 0 aromatic rings. The highest BCUT2D eigenvalue weighted by Crippen LogP contribution is 2.07. The minimum absolute atomic E-state index is 0.0181. The fourth-order valence-electron chi connectivity index (χ4n) is 1.76. The summed E-state index contributed by atoms with van der Waals surface area (Å²) < 4.78 is 10.2. The third-order valence-corrected chi connectivity index (χ3v) is 2.61. The lowest BCUT2D eigenvalue weighted by Crippen LogP contribution is -2.52. The van der Waals surface area contributed by atoms with Crippen molar-refractivity contribution in [1.82, 2.24) is 10.2 Å². The van der Waals surface area contributed by atoms with E-state index in [9.17, 15) is 14.7 Å². The summed E-state index contributed by atoms with van der Waals surface area (Å²) in [5, 5.41) is 11.7. The molecule has 1 atom stereocenters. The molecule has 19 heavy (non-hydrogen) atoms. The lowest BCUT2D eigenvalue weighted by atomic mass is 10.2. The first-order valence-corrected chi connectivity index (χ1v) is 6.31. The van der Waals surface area contributed by atoms with Crippen LogP contribution in [0.2, 0.25) is 0 Å². The molecule has 110 valence electrons. The highest BCUT2D eigenvalue weighted by atomic mass is 16.6. The molecule has 1 rings (SSSR count). The summed E-state index contributed by atoms with van der Waals surface area (Å²) >= 11 is 0. The van der Waals surface area contributed by atoms with Crippen molar-refractivity contribution in [3.63, 3.8) is 0 Å². The molecule has 1 heterocycles. The Balaban J connectivity index is 2.45. The van der Waals surface area contributed by atoms with Gasteiger partial charge in [-0.15, -0.1) is 0 Å². The molecule has 0 radical (unpaired) electrons. The van der Waals surface area contributed by atoms with E-state index in [4.69, 9.17) is 9.47 Å². The Labute approximate surface area is 112 Å². The molecule has 1 fully saturated rings. The highest BCUT2D eigenvalue weighted by molar-refractivity contribution is 5.75. The number of nitrogens with one attached hydrogen (secondary N) is 1. The smallest absolute Gasteiger partial charge is 0.407 e. The van der Waals surface area contributed by atoms with Gasteiger partial charge >= 0.3 is 12.1 Å². The molecular formula is C12H22N2O5. The van der Waals surface area contributed by atoms with Crippen molar-refractivity contribution in [3.8, 4) is 0 Å². The van der Waals surface area contributed by atoms with Crippen LogP contribution < -0.4 is 5.32 Å². The number of morpholine rings is 1. The van der Waals surface area contributed by atoms with Gasteiger partial charge < -0.3 is 19.9 Å². The highest BCUT2D eigenvalue weighted by Gasteiger charge is 2.28. The summed E-state index contributed by atoms with van der Waals surface area (Å²) in [6.07, 6.45) is -0.605. The Kier molecular flexibility index (Phi) is 5.56. The second-order valence-electron chi connectivity index (χ2n) is 5.39. The van der Waals surface area contributed by atoms with E-state index in [-0.39, 0.29) is 6.54 Å². The Hall–Kier alpha value is -1.34. The van der Waals surface area contributed by atoms with E-state index in [0.717, 1.165) is 0 Å². The molecule has 1 amide bonds. The van der Waals surface area contributed by atoms with Gasteiger partial charge in [0.05, 0.1) is 13.2 Å². The molecule has 0 saturated carbocycles. The molecule has 0 aliphatic carbocycles. The molecule has 0 aromatic heterocycles. The van der Waals surface area contributed by atoms with Gasteiger partial charge in [0.25, 0.3) is 0 Å². The zero-order valence-electron chi connectivity index (χ0n) is 11.6. The maximum absolute atomic E-state index is 11.5. The predicted octanol–water partition coefficient (Wildman–Crippen LogP) is 0.297. The van der Waals surface area contributed by atoms with Gasteiger partial charge in [0.15, 0.2) is 0 Å². The van der Waals surface area contributed by atoms with Crippen molar-refractivity contribution in [2.45, 2.75) is 32.4 Å². The zero-order chi connectivity index (χ0) is 14.5. The number of carbonyl (C=O) groups excluding carboxylic acids is 1. The maximum Gasteiger partial charge on any atom is 0.407 e. The summed E-state index contributed by atoms with van der Waals surface area (Å²) in [6.45, 7) is 7.40. The summed E-state index contributed by atoms with van der Waals surface area (Å²) in [6, 6.07) is -0.753. The van der Waals surface area contributed by atoms with E-state index in [2.05, 4.69) is 5.32 Å². The van der Waals surface area contributed by atoms with E-state index in [1.807, 2.05) is 0 Å². The van der Waals surface area contributed by atoms with Gasteiger partial charge in [0.1, 0.15) is 11.6 Å². The minimum Gasteiger partial charge on any atom is -0.480 e. The molecule has 1 aliphatic heterocycles.